The Hall–Kier alpha value is -1.81. The van der Waals surface area contributed by atoms with E-state index in [0.29, 0.717) is 43.5 Å². The van der Waals surface area contributed by atoms with Crippen LogP contribution in [0, 0.1) is 6.92 Å². The average molecular weight is 437 g/mol. The van der Waals surface area contributed by atoms with Crippen molar-refractivity contribution in [2.75, 3.05) is 32.7 Å². The summed E-state index contributed by atoms with van der Waals surface area (Å²) in [5.41, 5.74) is 1.90. The minimum Gasteiger partial charge on any atom is -0.349 e. The molecule has 29 heavy (non-hydrogen) atoms. The van der Waals surface area contributed by atoms with Crippen molar-refractivity contribution in [2.24, 2.45) is 0 Å². The van der Waals surface area contributed by atoms with Gasteiger partial charge in [0.2, 0.25) is 15.9 Å². The zero-order chi connectivity index (χ0) is 21.0. The molecule has 2 aromatic rings. The minimum atomic E-state index is -3.48. The van der Waals surface area contributed by atoms with Crippen LogP contribution in [0.1, 0.15) is 36.0 Å². The molecule has 1 aromatic carbocycles. The predicted molar refractivity (Wildman–Crippen MR) is 114 cm³/mol. The van der Waals surface area contributed by atoms with Crippen LogP contribution in [0.2, 0.25) is 0 Å². The van der Waals surface area contributed by atoms with E-state index in [-0.39, 0.29) is 12.5 Å². The third kappa shape index (κ3) is 5.63. The third-order valence-electron chi connectivity index (χ3n) is 4.89. The molecule has 0 atom stereocenters. The van der Waals surface area contributed by atoms with Gasteiger partial charge >= 0.3 is 0 Å². The number of aryl methyl sites for hydroxylation is 1. The Kier molecular flexibility index (Phi) is 7.05. The Bertz CT molecular complexity index is 931. The van der Waals surface area contributed by atoms with E-state index in [4.69, 9.17) is 0 Å². The number of carbonyl (C=O) groups excluding carboxylic acids is 1. The number of hydrogen-bond acceptors (Lipinski definition) is 6. The Morgan fingerprint density at radius 1 is 1.17 bits per heavy atom. The van der Waals surface area contributed by atoms with E-state index < -0.39 is 10.0 Å². The summed E-state index contributed by atoms with van der Waals surface area (Å²) in [6.45, 7) is 8.64. The number of piperazine rings is 1. The first kappa shape index (κ1) is 21.9. The molecule has 1 N–H and O–H groups in total. The summed E-state index contributed by atoms with van der Waals surface area (Å²) in [6.07, 6.45) is 0. The van der Waals surface area contributed by atoms with Crippen LogP contribution >= 0.6 is 11.3 Å². The number of carbonyl (C=O) groups is 1. The fourth-order valence-corrected chi connectivity index (χ4v) is 5.36. The fraction of sp³-hybridized carbons (Fsp3) is 0.500. The highest BCUT2D eigenvalue weighted by Crippen LogP contribution is 2.19. The summed E-state index contributed by atoms with van der Waals surface area (Å²) in [4.78, 5) is 19.1. The molecule has 1 fully saturated rings. The van der Waals surface area contributed by atoms with Gasteiger partial charge in [0.25, 0.3) is 0 Å². The molecule has 1 aliphatic rings. The topological polar surface area (TPSA) is 82.6 Å². The van der Waals surface area contributed by atoms with Gasteiger partial charge in [0, 0.05) is 37.5 Å². The number of nitrogens with one attached hydrogen (secondary N) is 1. The van der Waals surface area contributed by atoms with Gasteiger partial charge in [-0.2, -0.15) is 4.31 Å². The van der Waals surface area contributed by atoms with E-state index in [0.717, 1.165) is 16.3 Å². The van der Waals surface area contributed by atoms with Crippen LogP contribution in [0.25, 0.3) is 0 Å². The molecule has 158 valence electrons. The SMILES string of the molecule is Cc1ccc(S(=O)(=O)N2CCN(CC(=O)NCc3csc(C(C)C)n3)CC2)cc1. The van der Waals surface area contributed by atoms with Crippen molar-refractivity contribution >= 4 is 27.3 Å². The van der Waals surface area contributed by atoms with Gasteiger partial charge in [0.05, 0.1) is 28.7 Å². The number of sulfonamides is 1. The standard InChI is InChI=1S/C20H28N4O3S2/c1-15(2)20-22-17(14-28-20)12-21-19(25)13-23-8-10-24(11-9-23)29(26,27)18-6-4-16(3)5-7-18/h4-7,14-15H,8-13H2,1-3H3,(H,21,25). The van der Waals surface area contributed by atoms with Crippen molar-refractivity contribution in [3.8, 4) is 0 Å². The Labute approximate surface area is 176 Å². The first-order valence-corrected chi connectivity index (χ1v) is 12.1. The largest absolute Gasteiger partial charge is 0.349 e. The zero-order valence-electron chi connectivity index (χ0n) is 17.1. The van der Waals surface area contributed by atoms with Gasteiger partial charge in [0.15, 0.2) is 0 Å². The number of aromatic nitrogens is 1. The predicted octanol–water partition coefficient (Wildman–Crippen LogP) is 2.20. The van der Waals surface area contributed by atoms with Crippen molar-refractivity contribution in [3.05, 3.63) is 45.9 Å². The zero-order valence-corrected chi connectivity index (χ0v) is 18.7. The Morgan fingerprint density at radius 2 is 1.83 bits per heavy atom. The molecule has 0 aliphatic carbocycles. The monoisotopic (exact) mass is 436 g/mol. The lowest BCUT2D eigenvalue weighted by atomic mass is 10.2. The van der Waals surface area contributed by atoms with E-state index in [1.807, 2.05) is 17.2 Å². The quantitative estimate of drug-likeness (QED) is 0.720. The maximum atomic E-state index is 12.8. The van der Waals surface area contributed by atoms with Gasteiger partial charge in [-0.15, -0.1) is 11.3 Å². The maximum absolute atomic E-state index is 12.8. The van der Waals surface area contributed by atoms with Crippen molar-refractivity contribution in [2.45, 2.75) is 38.1 Å². The first-order valence-electron chi connectivity index (χ1n) is 9.76. The molecule has 0 unspecified atom stereocenters. The van der Waals surface area contributed by atoms with Crippen LogP contribution in [0.4, 0.5) is 0 Å². The van der Waals surface area contributed by atoms with E-state index >= 15 is 0 Å². The smallest absolute Gasteiger partial charge is 0.243 e. The van der Waals surface area contributed by atoms with Crippen LogP contribution < -0.4 is 5.32 Å². The van der Waals surface area contributed by atoms with Crippen molar-refractivity contribution < 1.29 is 13.2 Å². The molecule has 0 spiro atoms. The second-order valence-corrected chi connectivity index (χ2v) is 10.4. The van der Waals surface area contributed by atoms with Crippen molar-refractivity contribution in [1.82, 2.24) is 19.5 Å². The summed E-state index contributed by atoms with van der Waals surface area (Å²) in [5, 5.41) is 5.95. The van der Waals surface area contributed by atoms with Gasteiger partial charge in [-0.1, -0.05) is 31.5 Å². The van der Waals surface area contributed by atoms with E-state index in [2.05, 4.69) is 24.1 Å². The molecule has 3 rings (SSSR count). The number of thiazole rings is 1. The van der Waals surface area contributed by atoms with Crippen LogP contribution in [0.5, 0.6) is 0 Å². The van der Waals surface area contributed by atoms with Gasteiger partial charge in [0.1, 0.15) is 0 Å². The second-order valence-electron chi connectivity index (χ2n) is 7.60. The summed E-state index contributed by atoms with van der Waals surface area (Å²) >= 11 is 1.61. The highest BCUT2D eigenvalue weighted by molar-refractivity contribution is 7.89. The molecular formula is C20H28N4O3S2. The number of nitrogens with zero attached hydrogens (tertiary/aromatic N) is 3. The lowest BCUT2D eigenvalue weighted by Crippen LogP contribution is -2.50. The highest BCUT2D eigenvalue weighted by Gasteiger charge is 2.28. The Morgan fingerprint density at radius 3 is 2.41 bits per heavy atom. The summed E-state index contributed by atoms with van der Waals surface area (Å²) < 4.78 is 27.0. The lowest BCUT2D eigenvalue weighted by Gasteiger charge is -2.33. The van der Waals surface area contributed by atoms with E-state index in [1.165, 1.54) is 4.31 Å². The molecule has 1 aromatic heterocycles. The third-order valence-corrected chi connectivity index (χ3v) is 7.99. The fourth-order valence-electron chi connectivity index (χ4n) is 3.10. The molecule has 1 amide bonds. The van der Waals surface area contributed by atoms with E-state index in [1.54, 1.807) is 35.6 Å². The summed E-state index contributed by atoms with van der Waals surface area (Å²) in [6, 6.07) is 6.90. The number of hydrogen-bond donors (Lipinski definition) is 1. The molecule has 1 saturated heterocycles. The molecule has 0 radical (unpaired) electrons. The van der Waals surface area contributed by atoms with E-state index in [9.17, 15) is 13.2 Å². The highest BCUT2D eigenvalue weighted by atomic mass is 32.2. The molecular weight excluding hydrogens is 408 g/mol. The number of benzene rings is 1. The summed E-state index contributed by atoms with van der Waals surface area (Å²) in [7, 11) is -3.48. The maximum Gasteiger partial charge on any atom is 0.243 e. The van der Waals surface area contributed by atoms with Crippen LogP contribution in [-0.4, -0.2) is 61.2 Å². The Balaban J connectivity index is 1.46. The van der Waals surface area contributed by atoms with Crippen molar-refractivity contribution in [3.63, 3.8) is 0 Å². The molecule has 0 bridgehead atoms. The normalized spacial score (nSPS) is 16.3. The molecule has 1 aliphatic heterocycles. The molecule has 2 heterocycles. The van der Waals surface area contributed by atoms with Gasteiger partial charge < -0.3 is 5.32 Å². The first-order chi connectivity index (χ1) is 13.8. The second kappa shape index (κ2) is 9.34. The minimum absolute atomic E-state index is 0.0704. The van der Waals surface area contributed by atoms with Crippen molar-refractivity contribution in [1.29, 1.82) is 0 Å². The number of rotatable bonds is 7. The molecule has 0 saturated carbocycles. The number of amides is 1. The van der Waals surface area contributed by atoms with Gasteiger partial charge in [-0.05, 0) is 19.1 Å². The average Bonchev–Trinajstić information content (AvgIpc) is 3.17. The van der Waals surface area contributed by atoms with Gasteiger partial charge in [-0.3, -0.25) is 9.69 Å². The van der Waals surface area contributed by atoms with Gasteiger partial charge in [-0.25, -0.2) is 13.4 Å². The van der Waals surface area contributed by atoms with Crippen LogP contribution in [0.15, 0.2) is 34.5 Å². The van der Waals surface area contributed by atoms with Crippen LogP contribution in [-0.2, 0) is 21.4 Å². The lowest BCUT2D eigenvalue weighted by molar-refractivity contribution is -0.122. The summed E-state index contributed by atoms with van der Waals surface area (Å²) in [5.74, 6) is 0.316. The molecule has 7 nitrogen and oxygen atoms in total. The molecule has 9 heteroatoms. The van der Waals surface area contributed by atoms with Crippen LogP contribution in [0.3, 0.4) is 0 Å².